The van der Waals surface area contributed by atoms with E-state index in [2.05, 4.69) is 6.08 Å². The number of hydrogen-bond donors (Lipinski definition) is 0. The predicted molar refractivity (Wildman–Crippen MR) is 58.4 cm³/mol. The number of Topliss-reactive ketones (excluding diaryl/α,β-unsaturated/α-hetero) is 1. The maximum absolute atomic E-state index is 12.1. The molecule has 0 heterocycles. The van der Waals surface area contributed by atoms with Crippen LogP contribution in [0.5, 0.6) is 0 Å². The monoisotopic (exact) mass is 204 g/mol. The molecule has 0 bridgehead atoms. The molecule has 2 aliphatic rings. The molecule has 0 N–H and O–H groups in total. The third-order valence-corrected chi connectivity index (χ3v) is 3.70. The van der Waals surface area contributed by atoms with Gasteiger partial charge in [-0.25, -0.2) is 0 Å². The second-order valence-electron chi connectivity index (χ2n) is 4.99. The van der Waals surface area contributed by atoms with Crippen molar-refractivity contribution in [1.29, 1.82) is 0 Å². The van der Waals surface area contributed by atoms with Crippen molar-refractivity contribution < 1.29 is 9.59 Å². The van der Waals surface area contributed by atoms with Crippen LogP contribution in [0.4, 0.5) is 0 Å². The molecule has 0 aromatic rings. The molecule has 0 aromatic heterocycles. The van der Waals surface area contributed by atoms with Crippen LogP contribution in [0.15, 0.2) is 23.3 Å². The number of ketones is 2. The zero-order valence-electron chi connectivity index (χ0n) is 9.46. The van der Waals surface area contributed by atoms with Crippen molar-refractivity contribution in [2.75, 3.05) is 0 Å². The highest BCUT2D eigenvalue weighted by Gasteiger charge is 2.48. The fourth-order valence-corrected chi connectivity index (χ4v) is 2.85. The molecule has 2 aliphatic carbocycles. The highest BCUT2D eigenvalue weighted by molar-refractivity contribution is 6.12. The van der Waals surface area contributed by atoms with Crippen LogP contribution >= 0.6 is 0 Å². The lowest BCUT2D eigenvalue weighted by molar-refractivity contribution is -0.136. The molecule has 0 aromatic carbocycles. The maximum atomic E-state index is 12.1. The van der Waals surface area contributed by atoms with Gasteiger partial charge in [0.05, 0.1) is 0 Å². The average molecular weight is 204 g/mol. The first-order chi connectivity index (χ1) is 6.95. The van der Waals surface area contributed by atoms with E-state index in [0.29, 0.717) is 5.57 Å². The summed E-state index contributed by atoms with van der Waals surface area (Å²) in [4.78, 5) is 24.0. The first-order valence-electron chi connectivity index (χ1n) is 5.38. The quantitative estimate of drug-likeness (QED) is 0.568. The third kappa shape index (κ3) is 1.39. The molecule has 0 aliphatic heterocycles. The van der Waals surface area contributed by atoms with Gasteiger partial charge >= 0.3 is 0 Å². The topological polar surface area (TPSA) is 34.1 Å². The van der Waals surface area contributed by atoms with Crippen molar-refractivity contribution in [3.63, 3.8) is 0 Å². The zero-order chi connectivity index (χ0) is 11.2. The number of carbonyl (C=O) groups is 2. The zero-order valence-corrected chi connectivity index (χ0v) is 9.46. The summed E-state index contributed by atoms with van der Waals surface area (Å²) < 4.78 is 0. The van der Waals surface area contributed by atoms with Gasteiger partial charge < -0.3 is 0 Å². The second-order valence-corrected chi connectivity index (χ2v) is 4.99. The Kier molecular flexibility index (Phi) is 2.18. The van der Waals surface area contributed by atoms with Gasteiger partial charge in [0, 0.05) is 11.3 Å². The van der Waals surface area contributed by atoms with Gasteiger partial charge in [-0.2, -0.15) is 0 Å². The third-order valence-electron chi connectivity index (χ3n) is 3.70. The Hall–Kier alpha value is -1.18. The van der Waals surface area contributed by atoms with Crippen molar-refractivity contribution in [2.24, 2.45) is 11.3 Å². The van der Waals surface area contributed by atoms with Crippen molar-refractivity contribution in [3.05, 3.63) is 23.3 Å². The van der Waals surface area contributed by atoms with E-state index in [1.165, 1.54) is 11.6 Å². The molecule has 2 atom stereocenters. The summed E-state index contributed by atoms with van der Waals surface area (Å²) in [6.45, 7) is 5.72. The van der Waals surface area contributed by atoms with Crippen LogP contribution in [-0.4, -0.2) is 11.6 Å². The standard InChI is InChI=1S/C13H16O2/c1-8-4-5-10-11(14)6-9(2)12(15)13(10,3)7-8/h4,6,10H,5,7H2,1-3H3/t10?,13-/m1/s1. The van der Waals surface area contributed by atoms with E-state index in [1.807, 2.05) is 13.8 Å². The van der Waals surface area contributed by atoms with Crippen molar-refractivity contribution in [2.45, 2.75) is 33.6 Å². The van der Waals surface area contributed by atoms with Crippen LogP contribution in [0, 0.1) is 11.3 Å². The molecule has 0 saturated heterocycles. The van der Waals surface area contributed by atoms with E-state index in [4.69, 9.17) is 0 Å². The number of fused-ring (bicyclic) bond motifs is 1. The summed E-state index contributed by atoms with van der Waals surface area (Å²) in [5.74, 6) is 0.148. The summed E-state index contributed by atoms with van der Waals surface area (Å²) in [6, 6.07) is 0. The fourth-order valence-electron chi connectivity index (χ4n) is 2.85. The van der Waals surface area contributed by atoms with Crippen LogP contribution in [0.25, 0.3) is 0 Å². The normalized spacial score (nSPS) is 35.8. The Balaban J connectivity index is 2.49. The predicted octanol–water partition coefficient (Wildman–Crippen LogP) is 2.45. The summed E-state index contributed by atoms with van der Waals surface area (Å²) in [5, 5.41) is 0. The molecule has 0 radical (unpaired) electrons. The van der Waals surface area contributed by atoms with Crippen LogP contribution in [0.1, 0.15) is 33.6 Å². The maximum Gasteiger partial charge on any atom is 0.165 e. The minimum absolute atomic E-state index is 0.123. The van der Waals surface area contributed by atoms with Gasteiger partial charge in [0.1, 0.15) is 0 Å². The van der Waals surface area contributed by atoms with Crippen molar-refractivity contribution in [1.82, 2.24) is 0 Å². The lowest BCUT2D eigenvalue weighted by atomic mass is 9.60. The Labute approximate surface area is 90.1 Å². The molecule has 80 valence electrons. The lowest BCUT2D eigenvalue weighted by Gasteiger charge is -2.40. The van der Waals surface area contributed by atoms with E-state index >= 15 is 0 Å². The Morgan fingerprint density at radius 1 is 1.33 bits per heavy atom. The largest absolute Gasteiger partial charge is 0.294 e. The average Bonchev–Trinajstić information content (AvgIpc) is 2.14. The number of rotatable bonds is 0. The van der Waals surface area contributed by atoms with Crippen LogP contribution in [0.3, 0.4) is 0 Å². The Morgan fingerprint density at radius 2 is 2.00 bits per heavy atom. The summed E-state index contributed by atoms with van der Waals surface area (Å²) in [6.07, 6.45) is 5.06. The Bertz CT molecular complexity index is 401. The molecule has 2 nitrogen and oxygen atoms in total. The smallest absolute Gasteiger partial charge is 0.165 e. The molecule has 2 heteroatoms. The summed E-state index contributed by atoms with van der Waals surface area (Å²) >= 11 is 0. The molecule has 0 fully saturated rings. The number of allylic oxidation sites excluding steroid dienone is 4. The molecular formula is C13H16O2. The molecule has 1 unspecified atom stereocenters. The summed E-state index contributed by atoms with van der Waals surface area (Å²) in [7, 11) is 0. The second kappa shape index (κ2) is 3.16. The molecule has 0 amide bonds. The molecular weight excluding hydrogens is 188 g/mol. The van der Waals surface area contributed by atoms with Gasteiger partial charge in [-0.05, 0) is 38.3 Å². The highest BCUT2D eigenvalue weighted by Crippen LogP contribution is 2.45. The molecule has 15 heavy (non-hydrogen) atoms. The van der Waals surface area contributed by atoms with Crippen LogP contribution < -0.4 is 0 Å². The van der Waals surface area contributed by atoms with Crippen LogP contribution in [-0.2, 0) is 9.59 Å². The minimum Gasteiger partial charge on any atom is -0.294 e. The van der Waals surface area contributed by atoms with Crippen molar-refractivity contribution in [3.8, 4) is 0 Å². The Morgan fingerprint density at radius 3 is 2.67 bits per heavy atom. The molecule has 0 spiro atoms. The first-order valence-corrected chi connectivity index (χ1v) is 5.38. The molecule has 0 saturated carbocycles. The van der Waals surface area contributed by atoms with Crippen molar-refractivity contribution >= 4 is 11.6 Å². The van der Waals surface area contributed by atoms with Gasteiger partial charge in [-0.3, -0.25) is 9.59 Å². The summed E-state index contributed by atoms with van der Waals surface area (Å²) in [5.41, 5.74) is 1.37. The van der Waals surface area contributed by atoms with Gasteiger partial charge in [0.2, 0.25) is 0 Å². The number of hydrogen-bond acceptors (Lipinski definition) is 2. The minimum atomic E-state index is -0.477. The van der Waals surface area contributed by atoms with Crippen LogP contribution in [0.2, 0.25) is 0 Å². The van der Waals surface area contributed by atoms with Gasteiger partial charge in [0.25, 0.3) is 0 Å². The molecule has 2 rings (SSSR count). The van der Waals surface area contributed by atoms with E-state index in [1.54, 1.807) is 6.92 Å². The van der Waals surface area contributed by atoms with Gasteiger partial charge in [-0.1, -0.05) is 18.6 Å². The van der Waals surface area contributed by atoms with E-state index in [-0.39, 0.29) is 17.5 Å². The highest BCUT2D eigenvalue weighted by atomic mass is 16.1. The lowest BCUT2D eigenvalue weighted by Crippen LogP contribution is -2.45. The van der Waals surface area contributed by atoms with Gasteiger partial charge in [0.15, 0.2) is 11.6 Å². The van der Waals surface area contributed by atoms with E-state index in [0.717, 1.165) is 12.8 Å². The fraction of sp³-hybridized carbons (Fsp3) is 0.538. The van der Waals surface area contributed by atoms with E-state index in [9.17, 15) is 9.59 Å². The van der Waals surface area contributed by atoms with E-state index < -0.39 is 5.41 Å². The van der Waals surface area contributed by atoms with Gasteiger partial charge in [-0.15, -0.1) is 0 Å². The first kappa shape index (κ1) is 10.3. The SMILES string of the molecule is CC1=CCC2C(=O)C=C(C)C(=O)[C@]2(C)C1. The number of carbonyl (C=O) groups excluding carboxylic acids is 2.